The van der Waals surface area contributed by atoms with E-state index in [4.69, 9.17) is 21.7 Å². The summed E-state index contributed by atoms with van der Waals surface area (Å²) in [6, 6.07) is 14.9. The van der Waals surface area contributed by atoms with Crippen molar-refractivity contribution in [2.24, 2.45) is 0 Å². The summed E-state index contributed by atoms with van der Waals surface area (Å²) >= 11 is 5.33. The molecule has 0 bridgehead atoms. The Labute approximate surface area is 175 Å². The van der Waals surface area contributed by atoms with Crippen LogP contribution in [0.15, 0.2) is 48.2 Å². The van der Waals surface area contributed by atoms with E-state index in [9.17, 15) is 10.1 Å². The first-order chi connectivity index (χ1) is 14.0. The second-order valence-electron chi connectivity index (χ2n) is 6.39. The van der Waals surface area contributed by atoms with Gasteiger partial charge in [-0.3, -0.25) is 9.69 Å². The first kappa shape index (κ1) is 20.4. The summed E-state index contributed by atoms with van der Waals surface area (Å²) in [6.07, 6.45) is 1.78. The number of likely N-dealkylation sites (N-methyl/N-ethyl adjacent to an activating group) is 2. The van der Waals surface area contributed by atoms with Crippen LogP contribution in [0.3, 0.4) is 0 Å². The summed E-state index contributed by atoms with van der Waals surface area (Å²) in [5, 5.41) is 9.70. The highest BCUT2D eigenvalue weighted by Gasteiger charge is 2.34. The molecule has 2 aromatic carbocycles. The van der Waals surface area contributed by atoms with Gasteiger partial charge in [-0.1, -0.05) is 24.3 Å². The Hall–Kier alpha value is -3.37. The maximum Gasteiger partial charge on any atom is 0.276 e. The van der Waals surface area contributed by atoms with Gasteiger partial charge in [0.2, 0.25) is 0 Å². The molecule has 148 valence electrons. The molecule has 0 N–H and O–H groups in total. The van der Waals surface area contributed by atoms with Gasteiger partial charge >= 0.3 is 0 Å². The summed E-state index contributed by atoms with van der Waals surface area (Å²) in [5.41, 5.74) is 2.68. The van der Waals surface area contributed by atoms with E-state index >= 15 is 0 Å². The van der Waals surface area contributed by atoms with E-state index in [2.05, 4.69) is 6.07 Å². The molecule has 0 saturated carbocycles. The highest BCUT2D eigenvalue weighted by atomic mass is 32.1. The molecule has 0 spiro atoms. The molecule has 1 aliphatic heterocycles. The second kappa shape index (κ2) is 8.76. The zero-order chi connectivity index (χ0) is 21.0. The van der Waals surface area contributed by atoms with E-state index in [0.717, 1.165) is 11.1 Å². The zero-order valence-corrected chi connectivity index (χ0v) is 17.3. The number of rotatable bonds is 6. The molecular formula is C22H21N3O3S. The average molecular weight is 407 g/mol. The summed E-state index contributed by atoms with van der Waals surface area (Å²) in [6.45, 7) is 2.67. The number of ether oxygens (including phenoxy) is 2. The maximum absolute atomic E-state index is 12.5. The summed E-state index contributed by atoms with van der Waals surface area (Å²) < 4.78 is 11.3. The molecular weight excluding hydrogens is 386 g/mol. The molecule has 6 nitrogen and oxygen atoms in total. The van der Waals surface area contributed by atoms with Crippen molar-refractivity contribution in [2.75, 3.05) is 20.7 Å². The van der Waals surface area contributed by atoms with E-state index in [0.29, 0.717) is 34.4 Å². The van der Waals surface area contributed by atoms with Crippen LogP contribution < -0.4 is 9.47 Å². The molecule has 1 saturated heterocycles. The van der Waals surface area contributed by atoms with Gasteiger partial charge in [-0.25, -0.2) is 0 Å². The summed E-state index contributed by atoms with van der Waals surface area (Å²) in [4.78, 5) is 15.8. The number of amides is 1. The van der Waals surface area contributed by atoms with E-state index < -0.39 is 0 Å². The molecule has 0 aromatic heterocycles. The third-order valence-corrected chi connectivity index (χ3v) is 5.17. The highest BCUT2D eigenvalue weighted by Crippen LogP contribution is 2.31. The molecule has 29 heavy (non-hydrogen) atoms. The van der Waals surface area contributed by atoms with Crippen LogP contribution in [-0.4, -0.2) is 41.5 Å². The fourth-order valence-corrected chi connectivity index (χ4v) is 3.36. The topological polar surface area (TPSA) is 65.8 Å². The van der Waals surface area contributed by atoms with Crippen LogP contribution in [0, 0.1) is 11.3 Å². The zero-order valence-electron chi connectivity index (χ0n) is 16.5. The van der Waals surface area contributed by atoms with Crippen molar-refractivity contribution in [3.05, 3.63) is 64.9 Å². The van der Waals surface area contributed by atoms with E-state index in [1.54, 1.807) is 48.2 Å². The number of hydrogen-bond acceptors (Lipinski definition) is 5. The summed E-state index contributed by atoms with van der Waals surface area (Å²) in [5.74, 6) is 0.975. The molecule has 1 amide bonds. The van der Waals surface area contributed by atoms with Crippen molar-refractivity contribution in [3.63, 3.8) is 0 Å². The quantitative estimate of drug-likeness (QED) is 0.539. The third-order valence-electron chi connectivity index (χ3n) is 4.67. The Morgan fingerprint density at radius 2 is 1.97 bits per heavy atom. The number of carbonyl (C=O) groups is 1. The molecule has 3 rings (SSSR count). The molecule has 1 aliphatic rings. The summed E-state index contributed by atoms with van der Waals surface area (Å²) in [7, 11) is 3.34. The number of nitrogens with zero attached hydrogens (tertiary/aromatic N) is 3. The van der Waals surface area contributed by atoms with Crippen molar-refractivity contribution >= 4 is 29.3 Å². The molecule has 0 unspecified atom stereocenters. The van der Waals surface area contributed by atoms with Crippen LogP contribution in [0.25, 0.3) is 6.08 Å². The number of nitriles is 1. The fourth-order valence-electron chi connectivity index (χ4n) is 3.05. The van der Waals surface area contributed by atoms with Crippen LogP contribution in [0.4, 0.5) is 0 Å². The van der Waals surface area contributed by atoms with Crippen LogP contribution in [0.2, 0.25) is 0 Å². The predicted octanol–water partition coefficient (Wildman–Crippen LogP) is 3.57. The van der Waals surface area contributed by atoms with Crippen molar-refractivity contribution in [2.45, 2.75) is 13.5 Å². The Kier molecular flexibility index (Phi) is 6.15. The maximum atomic E-state index is 12.5. The normalized spacial score (nSPS) is 15.0. The monoisotopic (exact) mass is 407 g/mol. The van der Waals surface area contributed by atoms with Crippen LogP contribution >= 0.6 is 12.2 Å². The molecule has 2 aromatic rings. The first-order valence-electron chi connectivity index (χ1n) is 9.10. The van der Waals surface area contributed by atoms with Gasteiger partial charge in [0.15, 0.2) is 16.6 Å². The lowest BCUT2D eigenvalue weighted by molar-refractivity contribution is -0.122. The molecule has 1 fully saturated rings. The van der Waals surface area contributed by atoms with Gasteiger partial charge in [-0.05, 0) is 49.0 Å². The van der Waals surface area contributed by atoms with Gasteiger partial charge in [0.05, 0.1) is 18.7 Å². The van der Waals surface area contributed by atoms with Gasteiger partial charge in [0.25, 0.3) is 5.91 Å². The number of methoxy groups -OCH3 is 1. The molecule has 0 aliphatic carbocycles. The minimum Gasteiger partial charge on any atom is -0.493 e. The van der Waals surface area contributed by atoms with Gasteiger partial charge in [0, 0.05) is 19.2 Å². The van der Waals surface area contributed by atoms with E-state index in [1.165, 1.54) is 0 Å². The van der Waals surface area contributed by atoms with E-state index in [1.807, 2.05) is 31.2 Å². The van der Waals surface area contributed by atoms with Gasteiger partial charge in [-0.2, -0.15) is 5.26 Å². The van der Waals surface area contributed by atoms with Crippen LogP contribution in [0.1, 0.15) is 23.6 Å². The second-order valence-corrected chi connectivity index (χ2v) is 6.75. The molecule has 1 heterocycles. The lowest BCUT2D eigenvalue weighted by Gasteiger charge is -2.14. The van der Waals surface area contributed by atoms with Crippen molar-refractivity contribution in [1.29, 1.82) is 5.26 Å². The van der Waals surface area contributed by atoms with Crippen molar-refractivity contribution in [3.8, 4) is 17.6 Å². The molecule has 0 radical (unpaired) electrons. The Morgan fingerprint density at radius 3 is 2.62 bits per heavy atom. The predicted molar refractivity (Wildman–Crippen MR) is 114 cm³/mol. The standard InChI is InChI=1S/C22H21N3O3S/c1-4-25-21(26)18(24(2)22(25)29)11-15-9-10-19(20(12-15)27-3)28-14-17-8-6-5-7-16(17)13-23/h5-12H,4,14H2,1-3H3/b18-11-. The Morgan fingerprint density at radius 1 is 1.21 bits per heavy atom. The third kappa shape index (κ3) is 4.08. The lowest BCUT2D eigenvalue weighted by atomic mass is 10.1. The van der Waals surface area contributed by atoms with Gasteiger partial charge < -0.3 is 14.4 Å². The SMILES string of the molecule is CCN1C(=O)/C(=C/c2ccc(OCc3ccccc3C#N)c(OC)c2)N(C)C1=S. The number of carbonyl (C=O) groups excluding carboxylic acids is 1. The van der Waals surface area contributed by atoms with Crippen molar-refractivity contribution < 1.29 is 14.3 Å². The highest BCUT2D eigenvalue weighted by molar-refractivity contribution is 7.80. The Balaban J connectivity index is 1.83. The minimum absolute atomic E-state index is 0.118. The smallest absolute Gasteiger partial charge is 0.276 e. The van der Waals surface area contributed by atoms with Crippen LogP contribution in [-0.2, 0) is 11.4 Å². The minimum atomic E-state index is -0.118. The Bertz CT molecular complexity index is 1030. The lowest BCUT2D eigenvalue weighted by Crippen LogP contribution is -2.30. The molecule has 0 atom stereocenters. The first-order valence-corrected chi connectivity index (χ1v) is 9.51. The molecule has 7 heteroatoms. The number of benzene rings is 2. The van der Waals surface area contributed by atoms with E-state index in [-0.39, 0.29) is 12.5 Å². The fraction of sp³-hybridized carbons (Fsp3) is 0.227. The van der Waals surface area contributed by atoms with Crippen LogP contribution in [0.5, 0.6) is 11.5 Å². The van der Waals surface area contributed by atoms with Gasteiger partial charge in [-0.15, -0.1) is 0 Å². The van der Waals surface area contributed by atoms with Gasteiger partial charge in [0.1, 0.15) is 12.3 Å². The number of hydrogen-bond donors (Lipinski definition) is 0. The average Bonchev–Trinajstić information content (AvgIpc) is 2.95. The van der Waals surface area contributed by atoms with Crippen molar-refractivity contribution in [1.82, 2.24) is 9.80 Å². The number of thiocarbonyl (C=S) groups is 1. The largest absolute Gasteiger partial charge is 0.493 e.